The van der Waals surface area contributed by atoms with Crippen molar-refractivity contribution in [3.8, 4) is 0 Å². The van der Waals surface area contributed by atoms with E-state index in [9.17, 15) is 0 Å². The van der Waals surface area contributed by atoms with E-state index in [0.717, 1.165) is 25.0 Å². The molecule has 0 aliphatic heterocycles. The van der Waals surface area contributed by atoms with Crippen LogP contribution in [-0.4, -0.2) is 12.3 Å². The van der Waals surface area contributed by atoms with Crippen LogP contribution in [0, 0.1) is 5.92 Å². The number of rotatable bonds is 7. The van der Waals surface area contributed by atoms with Crippen LogP contribution in [-0.2, 0) is 0 Å². The van der Waals surface area contributed by atoms with Crippen LogP contribution in [0.15, 0.2) is 101 Å². The molecule has 0 spiro atoms. The topological polar surface area (TPSA) is 12.4 Å². The van der Waals surface area contributed by atoms with Gasteiger partial charge in [-0.05, 0) is 48.8 Å². The van der Waals surface area contributed by atoms with Gasteiger partial charge in [-0.15, -0.1) is 6.58 Å². The summed E-state index contributed by atoms with van der Waals surface area (Å²) in [7, 11) is 0. The fourth-order valence-corrected chi connectivity index (χ4v) is 2.79. The molecule has 0 heterocycles. The Bertz CT molecular complexity index is 702. The van der Waals surface area contributed by atoms with E-state index in [2.05, 4.69) is 87.3 Å². The number of hydrogen-bond donors (Lipinski definition) is 0. The Morgan fingerprint density at radius 3 is 2.80 bits per heavy atom. The highest BCUT2D eigenvalue weighted by Gasteiger charge is 2.11. The molecule has 0 aromatic heterocycles. The van der Waals surface area contributed by atoms with Gasteiger partial charge in [0.25, 0.3) is 0 Å². The third kappa shape index (κ3) is 6.19. The van der Waals surface area contributed by atoms with E-state index in [-0.39, 0.29) is 0 Å². The van der Waals surface area contributed by atoms with Gasteiger partial charge in [0.1, 0.15) is 0 Å². The fourth-order valence-electron chi connectivity index (χ4n) is 2.79. The molecule has 2 aliphatic carbocycles. The second-order valence-electron chi connectivity index (χ2n) is 6.32. The summed E-state index contributed by atoms with van der Waals surface area (Å²) in [5, 5.41) is 0. The number of nitrogens with zero attached hydrogens (tertiary/aromatic N) is 1. The second-order valence-corrected chi connectivity index (χ2v) is 6.32. The first kappa shape index (κ1) is 18.9. The lowest BCUT2D eigenvalue weighted by Crippen LogP contribution is -2.09. The summed E-state index contributed by atoms with van der Waals surface area (Å²) in [6, 6.07) is 0. The summed E-state index contributed by atoms with van der Waals surface area (Å²) in [5.41, 5.74) is 4.74. The van der Waals surface area contributed by atoms with E-state index in [4.69, 9.17) is 4.99 Å². The molecule has 1 unspecified atom stereocenters. The Kier molecular flexibility index (Phi) is 7.91. The van der Waals surface area contributed by atoms with Crippen molar-refractivity contribution in [3.05, 3.63) is 96.2 Å². The lowest BCUT2D eigenvalue weighted by atomic mass is 9.94. The zero-order valence-electron chi connectivity index (χ0n) is 15.5. The summed E-state index contributed by atoms with van der Waals surface area (Å²) >= 11 is 0. The minimum atomic E-state index is 0.311. The summed E-state index contributed by atoms with van der Waals surface area (Å²) in [5.74, 6) is 0.311. The van der Waals surface area contributed by atoms with Gasteiger partial charge in [0.2, 0.25) is 0 Å². The monoisotopic (exact) mass is 331 g/mol. The summed E-state index contributed by atoms with van der Waals surface area (Å²) < 4.78 is 0. The second kappa shape index (κ2) is 10.5. The highest BCUT2D eigenvalue weighted by atomic mass is 14.7. The Balaban J connectivity index is 2.37. The normalized spacial score (nSPS) is 19.6. The summed E-state index contributed by atoms with van der Waals surface area (Å²) in [4.78, 5) is 5.01. The van der Waals surface area contributed by atoms with E-state index in [1.54, 1.807) is 0 Å². The van der Waals surface area contributed by atoms with Crippen molar-refractivity contribution in [2.45, 2.75) is 33.1 Å². The van der Waals surface area contributed by atoms with Crippen LogP contribution in [0.2, 0.25) is 0 Å². The molecule has 0 fully saturated rings. The highest BCUT2D eigenvalue weighted by Crippen LogP contribution is 2.20. The van der Waals surface area contributed by atoms with Gasteiger partial charge < -0.3 is 0 Å². The maximum absolute atomic E-state index is 5.01. The van der Waals surface area contributed by atoms with Crippen LogP contribution < -0.4 is 0 Å². The summed E-state index contributed by atoms with van der Waals surface area (Å²) in [6.45, 7) is 8.82. The van der Waals surface area contributed by atoms with Crippen molar-refractivity contribution < 1.29 is 0 Å². The molecule has 0 saturated heterocycles. The highest BCUT2D eigenvalue weighted by molar-refractivity contribution is 6.16. The van der Waals surface area contributed by atoms with Crippen LogP contribution in [0.4, 0.5) is 0 Å². The van der Waals surface area contributed by atoms with Crippen LogP contribution in [0.1, 0.15) is 33.1 Å². The first-order valence-electron chi connectivity index (χ1n) is 9.15. The molecule has 1 heteroatoms. The minimum Gasteiger partial charge on any atom is -0.279 e. The maximum atomic E-state index is 5.01. The molecule has 0 aromatic rings. The minimum absolute atomic E-state index is 0.311. The number of aliphatic imine (C=N–C) groups is 1. The van der Waals surface area contributed by atoms with Crippen LogP contribution in [0.3, 0.4) is 0 Å². The van der Waals surface area contributed by atoms with Gasteiger partial charge in [-0.25, -0.2) is 0 Å². The molecule has 0 radical (unpaired) electrons. The molecule has 25 heavy (non-hydrogen) atoms. The smallest absolute Gasteiger partial charge is 0.0716 e. The van der Waals surface area contributed by atoms with Gasteiger partial charge >= 0.3 is 0 Å². The van der Waals surface area contributed by atoms with Crippen LogP contribution in [0.25, 0.3) is 0 Å². The molecule has 0 amide bonds. The average Bonchev–Trinajstić information content (AvgIpc) is 2.91. The SMILES string of the molecule is C=CC(C)/C=C(/C=C\C)C(=NCC1=CCC=CC=C1)C1=CCCC=C1. The maximum Gasteiger partial charge on any atom is 0.0716 e. The Morgan fingerprint density at radius 1 is 1.20 bits per heavy atom. The van der Waals surface area contributed by atoms with E-state index in [1.807, 2.05) is 6.08 Å². The lowest BCUT2D eigenvalue weighted by Gasteiger charge is -2.14. The van der Waals surface area contributed by atoms with Crippen LogP contribution >= 0.6 is 0 Å². The number of hydrogen-bond acceptors (Lipinski definition) is 1. The van der Waals surface area contributed by atoms with Crippen molar-refractivity contribution in [2.24, 2.45) is 10.9 Å². The zero-order chi connectivity index (χ0) is 17.9. The van der Waals surface area contributed by atoms with E-state index >= 15 is 0 Å². The molecule has 0 bridgehead atoms. The molecule has 0 N–H and O–H groups in total. The molecule has 0 saturated carbocycles. The van der Waals surface area contributed by atoms with Gasteiger partial charge in [-0.2, -0.15) is 0 Å². The average molecular weight is 332 g/mol. The van der Waals surface area contributed by atoms with Crippen LogP contribution in [0.5, 0.6) is 0 Å². The Labute approximate surface area is 152 Å². The molecule has 1 nitrogen and oxygen atoms in total. The van der Waals surface area contributed by atoms with Gasteiger partial charge in [0.05, 0.1) is 12.3 Å². The molecular formula is C24H29N. The molecule has 1 atom stereocenters. The molecule has 2 aliphatic rings. The van der Waals surface area contributed by atoms with Crippen molar-refractivity contribution in [3.63, 3.8) is 0 Å². The first-order chi connectivity index (χ1) is 12.2. The lowest BCUT2D eigenvalue weighted by molar-refractivity contribution is 0.939. The van der Waals surface area contributed by atoms with Crippen molar-refractivity contribution in [1.82, 2.24) is 0 Å². The Morgan fingerprint density at radius 2 is 2.08 bits per heavy atom. The molecule has 2 rings (SSSR count). The van der Waals surface area contributed by atoms with Gasteiger partial charge in [-0.3, -0.25) is 4.99 Å². The first-order valence-corrected chi connectivity index (χ1v) is 9.15. The van der Waals surface area contributed by atoms with Crippen molar-refractivity contribution in [2.75, 3.05) is 6.54 Å². The van der Waals surface area contributed by atoms with E-state index in [0.29, 0.717) is 12.5 Å². The predicted octanol–water partition coefficient (Wildman–Crippen LogP) is 6.47. The van der Waals surface area contributed by atoms with Crippen molar-refractivity contribution in [1.29, 1.82) is 0 Å². The molecule has 130 valence electrons. The largest absolute Gasteiger partial charge is 0.279 e. The summed E-state index contributed by atoms with van der Waals surface area (Å²) in [6.07, 6.45) is 29.1. The molecule has 0 aromatic carbocycles. The Hall–Kier alpha value is -2.41. The zero-order valence-corrected chi connectivity index (χ0v) is 15.5. The van der Waals surface area contributed by atoms with Gasteiger partial charge in [0, 0.05) is 0 Å². The number of allylic oxidation sites excluding steroid dienone is 13. The quantitative estimate of drug-likeness (QED) is 0.288. The van der Waals surface area contributed by atoms with Crippen molar-refractivity contribution >= 4 is 5.71 Å². The van der Waals surface area contributed by atoms with Gasteiger partial charge in [0.15, 0.2) is 0 Å². The third-order valence-corrected chi connectivity index (χ3v) is 4.20. The predicted molar refractivity (Wildman–Crippen MR) is 112 cm³/mol. The van der Waals surface area contributed by atoms with E-state index < -0.39 is 0 Å². The van der Waals surface area contributed by atoms with E-state index in [1.165, 1.54) is 16.7 Å². The third-order valence-electron chi connectivity index (χ3n) is 4.20. The standard InChI is InChI=1S/C24H29N/c1-4-13-23(18-20(3)5-2)24(22-16-11-8-12-17-22)25-19-21-14-9-6-7-10-15-21/h4-7,9,11,13-18,20H,2,8,10,12,19H2,1,3H3/b13-4-,23-18-,25-24?. The fraction of sp³-hybridized carbons (Fsp3) is 0.292. The molecular weight excluding hydrogens is 302 g/mol. The van der Waals surface area contributed by atoms with Gasteiger partial charge in [-0.1, -0.05) is 79.8 Å².